The molecule has 0 aromatic carbocycles. The van der Waals surface area contributed by atoms with Crippen molar-refractivity contribution in [3.05, 3.63) is 36.8 Å². The summed E-state index contributed by atoms with van der Waals surface area (Å²) in [5, 5.41) is 0. The van der Waals surface area contributed by atoms with Gasteiger partial charge in [-0.3, -0.25) is 0 Å². The molecule has 0 aliphatic heterocycles. The van der Waals surface area contributed by atoms with E-state index in [4.69, 9.17) is 9.47 Å². The summed E-state index contributed by atoms with van der Waals surface area (Å²) in [5.41, 5.74) is 0. The quantitative estimate of drug-likeness (QED) is 0.268. The van der Waals surface area contributed by atoms with Gasteiger partial charge < -0.3 is 0 Å². The summed E-state index contributed by atoms with van der Waals surface area (Å²) in [5.74, 6) is 1.98. The van der Waals surface area contributed by atoms with Crippen molar-refractivity contribution in [1.29, 1.82) is 0 Å². The fourth-order valence-corrected chi connectivity index (χ4v) is 19.7. The molecule has 2 rings (SSSR count). The Labute approximate surface area is 181 Å². The normalized spacial score (nSPS) is 11.4. The van der Waals surface area contributed by atoms with Gasteiger partial charge in [-0.2, -0.15) is 0 Å². The summed E-state index contributed by atoms with van der Waals surface area (Å²) in [4.78, 5) is 8.98. The number of pyridine rings is 2. The first-order valence-electron chi connectivity index (χ1n) is 11.4. The van der Waals surface area contributed by atoms with Crippen molar-refractivity contribution in [2.45, 2.75) is 79.5 Å². The van der Waals surface area contributed by atoms with E-state index < -0.39 is 18.4 Å². The fraction of sp³-hybridized carbons (Fsp3) is 0.583. The van der Waals surface area contributed by atoms with Gasteiger partial charge in [0.15, 0.2) is 0 Å². The Kier molecular flexibility index (Phi) is 10.8. The van der Waals surface area contributed by atoms with Crippen LogP contribution in [0.25, 0.3) is 0 Å². The monoisotopic (exact) mass is 506 g/mol. The summed E-state index contributed by atoms with van der Waals surface area (Å²) in [6, 6.07) is 6.04. The zero-order valence-corrected chi connectivity index (χ0v) is 21.6. The second-order valence-electron chi connectivity index (χ2n) is 7.84. The third-order valence-corrected chi connectivity index (χ3v) is 21.1. The maximum absolute atomic E-state index is 6.15. The first-order valence-corrected chi connectivity index (χ1v) is 18.9. The van der Waals surface area contributed by atoms with Crippen molar-refractivity contribution in [3.63, 3.8) is 0 Å². The summed E-state index contributed by atoms with van der Waals surface area (Å²) in [7, 11) is 0. The molecule has 2 aromatic heterocycles. The minimum absolute atomic E-state index is 0.518. The van der Waals surface area contributed by atoms with E-state index in [0.29, 0.717) is 18.2 Å². The second kappa shape index (κ2) is 13.1. The van der Waals surface area contributed by atoms with Gasteiger partial charge in [-0.25, -0.2) is 0 Å². The Morgan fingerprint density at radius 1 is 0.897 bits per heavy atom. The van der Waals surface area contributed by atoms with Gasteiger partial charge in [-0.15, -0.1) is 0 Å². The molecule has 0 N–H and O–H groups in total. The van der Waals surface area contributed by atoms with Crippen LogP contribution in [0.2, 0.25) is 13.3 Å². The van der Waals surface area contributed by atoms with Crippen LogP contribution in [0.5, 0.6) is 17.4 Å². The van der Waals surface area contributed by atoms with Gasteiger partial charge in [0.25, 0.3) is 0 Å². The molecular formula is C24H38N2O2Sn. The fourth-order valence-electron chi connectivity index (χ4n) is 3.95. The van der Waals surface area contributed by atoms with Gasteiger partial charge >= 0.3 is 182 Å². The van der Waals surface area contributed by atoms with Crippen LogP contribution in [-0.2, 0) is 0 Å². The molecule has 4 nitrogen and oxygen atoms in total. The number of rotatable bonds is 14. The van der Waals surface area contributed by atoms with Gasteiger partial charge in [0, 0.05) is 0 Å². The first kappa shape index (κ1) is 24.0. The third-order valence-electron chi connectivity index (χ3n) is 5.60. The van der Waals surface area contributed by atoms with Crippen molar-refractivity contribution in [1.82, 2.24) is 9.97 Å². The van der Waals surface area contributed by atoms with Crippen LogP contribution in [0.15, 0.2) is 36.8 Å². The predicted molar refractivity (Wildman–Crippen MR) is 124 cm³/mol. The van der Waals surface area contributed by atoms with Crippen molar-refractivity contribution >= 4 is 22.0 Å². The first-order chi connectivity index (χ1) is 14.2. The molecule has 5 heteroatoms. The van der Waals surface area contributed by atoms with E-state index in [0.717, 1.165) is 5.75 Å². The molecule has 0 bridgehead atoms. The molecule has 0 saturated carbocycles. The Bertz CT molecular complexity index is 702. The van der Waals surface area contributed by atoms with Crippen LogP contribution in [0.1, 0.15) is 66.2 Å². The Balaban J connectivity index is 2.34. The molecule has 0 fully saturated rings. The van der Waals surface area contributed by atoms with Crippen molar-refractivity contribution in [3.8, 4) is 17.4 Å². The molecule has 2 heterocycles. The summed E-state index contributed by atoms with van der Waals surface area (Å²) in [6.07, 6.45) is 13.5. The minimum atomic E-state index is -2.52. The zero-order valence-electron chi connectivity index (χ0n) is 18.7. The van der Waals surface area contributed by atoms with Crippen molar-refractivity contribution in [2.75, 3.05) is 6.61 Å². The van der Waals surface area contributed by atoms with Crippen molar-refractivity contribution < 1.29 is 9.47 Å². The molecule has 0 amide bonds. The van der Waals surface area contributed by atoms with E-state index in [1.54, 1.807) is 6.20 Å². The van der Waals surface area contributed by atoms with Gasteiger partial charge in [0.2, 0.25) is 0 Å². The van der Waals surface area contributed by atoms with Crippen LogP contribution in [0, 0.1) is 0 Å². The molecule has 0 saturated heterocycles. The van der Waals surface area contributed by atoms with E-state index in [1.165, 1.54) is 55.4 Å². The third kappa shape index (κ3) is 7.16. The van der Waals surface area contributed by atoms with E-state index in [2.05, 4.69) is 43.0 Å². The molecule has 0 atom stereocenters. The molecule has 160 valence electrons. The Morgan fingerprint density at radius 2 is 1.55 bits per heavy atom. The van der Waals surface area contributed by atoms with E-state index in [1.807, 2.05) is 25.3 Å². The number of ether oxygens (including phenoxy) is 2. The summed E-state index contributed by atoms with van der Waals surface area (Å²) >= 11 is -2.52. The van der Waals surface area contributed by atoms with E-state index >= 15 is 0 Å². The number of hydrogen-bond acceptors (Lipinski definition) is 4. The maximum atomic E-state index is 6.15. The summed E-state index contributed by atoms with van der Waals surface area (Å²) in [6.45, 7) is 9.49. The van der Waals surface area contributed by atoms with Gasteiger partial charge in [-0.05, 0) is 0 Å². The molecule has 0 aliphatic rings. The average molecular weight is 505 g/mol. The molecule has 29 heavy (non-hydrogen) atoms. The van der Waals surface area contributed by atoms with Crippen molar-refractivity contribution in [2.24, 2.45) is 0 Å². The number of unbranched alkanes of at least 4 members (excludes halogenated alkanes) is 3. The molecule has 2 aromatic rings. The number of aromatic nitrogens is 2. The van der Waals surface area contributed by atoms with Crippen LogP contribution < -0.4 is 13.1 Å². The zero-order chi connectivity index (χ0) is 21.0. The van der Waals surface area contributed by atoms with E-state index in [-0.39, 0.29) is 0 Å². The predicted octanol–water partition coefficient (Wildman–Crippen LogP) is 6.72. The number of hydrogen-bond donors (Lipinski definition) is 0. The average Bonchev–Trinajstić information content (AvgIpc) is 2.75. The molecule has 0 aliphatic carbocycles. The molecule has 0 radical (unpaired) electrons. The topological polar surface area (TPSA) is 44.2 Å². The van der Waals surface area contributed by atoms with Crippen LogP contribution >= 0.6 is 0 Å². The Hall–Kier alpha value is -1.30. The summed E-state index contributed by atoms with van der Waals surface area (Å²) < 4.78 is 17.6. The van der Waals surface area contributed by atoms with Gasteiger partial charge in [0.1, 0.15) is 0 Å². The van der Waals surface area contributed by atoms with Crippen LogP contribution in [0.4, 0.5) is 0 Å². The number of nitrogens with zero attached hydrogens (tertiary/aromatic N) is 2. The molecule has 0 spiro atoms. The molecule has 0 unspecified atom stereocenters. The van der Waals surface area contributed by atoms with Crippen LogP contribution in [0.3, 0.4) is 0 Å². The standard InChI is InChI=1S/C12H11N2O2.3C4H9.Sn/c1-2-15-11-6-4-8-14-12(11)16-10-5-3-7-13-9-10;3*1-3-4-2;/h4-9H,2H2,1H3;3*1,3-4H2,2H3;. The van der Waals surface area contributed by atoms with Gasteiger partial charge in [-0.1, -0.05) is 0 Å². The van der Waals surface area contributed by atoms with Gasteiger partial charge in [0.05, 0.1) is 0 Å². The SMILES string of the molecule is CCC[CH2][Sn]([CH2]CCC)([CH2]CCC)[c]1cncc(Oc2ncccc2OCC)c1. The Morgan fingerprint density at radius 3 is 2.14 bits per heavy atom. The molecular weight excluding hydrogens is 467 g/mol. The van der Waals surface area contributed by atoms with E-state index in [9.17, 15) is 0 Å². The second-order valence-corrected chi connectivity index (χ2v) is 21.1. The van der Waals surface area contributed by atoms with Crippen LogP contribution in [-0.4, -0.2) is 35.0 Å².